The van der Waals surface area contributed by atoms with Crippen LogP contribution in [0.25, 0.3) is 0 Å². The lowest BCUT2D eigenvalue weighted by atomic mass is 9.43. The van der Waals surface area contributed by atoms with Crippen LogP contribution in [0.5, 0.6) is 0 Å². The Balaban J connectivity index is 1.83. The van der Waals surface area contributed by atoms with Gasteiger partial charge in [-0.05, 0) is 43.9 Å². The number of esters is 1. The highest BCUT2D eigenvalue weighted by atomic mass is 16.7. The molecule has 6 nitrogen and oxygen atoms in total. The molecule has 2 spiro atoms. The number of hydrogen-bond acceptors (Lipinski definition) is 6. The van der Waals surface area contributed by atoms with E-state index < -0.39 is 22.8 Å². The van der Waals surface area contributed by atoms with Crippen LogP contribution in [0.4, 0.5) is 0 Å². The Bertz CT molecular complexity index is 718. The number of hydrogen-bond donors (Lipinski definition) is 0. The van der Waals surface area contributed by atoms with Crippen molar-refractivity contribution in [3.63, 3.8) is 0 Å². The molecule has 0 aromatic carbocycles. The molecule has 0 N–H and O–H groups in total. The summed E-state index contributed by atoms with van der Waals surface area (Å²) < 4.78 is 24.1. The molecular formula is C23H36O6. The van der Waals surface area contributed by atoms with Gasteiger partial charge in [-0.15, -0.1) is 0 Å². The van der Waals surface area contributed by atoms with Gasteiger partial charge in [-0.2, -0.15) is 0 Å². The predicted octanol–water partition coefficient (Wildman–Crippen LogP) is 3.79. The second-order valence-electron chi connectivity index (χ2n) is 10.9. The third kappa shape index (κ3) is 2.78. The summed E-state index contributed by atoms with van der Waals surface area (Å²) in [6.45, 7) is 10.4. The number of carbonyl (C=O) groups is 2. The molecule has 0 bridgehead atoms. The zero-order valence-corrected chi connectivity index (χ0v) is 18.8. The maximum Gasteiger partial charge on any atom is 0.303 e. The van der Waals surface area contributed by atoms with Crippen molar-refractivity contribution in [1.82, 2.24) is 0 Å². The number of fused-ring (bicyclic) bond motifs is 2. The van der Waals surface area contributed by atoms with Crippen molar-refractivity contribution in [2.45, 2.75) is 103 Å². The summed E-state index contributed by atoms with van der Waals surface area (Å²) >= 11 is 0. The van der Waals surface area contributed by atoms with E-state index >= 15 is 0 Å². The van der Waals surface area contributed by atoms with Gasteiger partial charge in [-0.3, -0.25) is 9.59 Å². The third-order valence-electron chi connectivity index (χ3n) is 8.85. The number of ketones is 1. The Morgan fingerprint density at radius 2 is 1.83 bits per heavy atom. The van der Waals surface area contributed by atoms with E-state index in [9.17, 15) is 9.59 Å². The van der Waals surface area contributed by atoms with Crippen LogP contribution in [0.2, 0.25) is 0 Å². The Hall–Kier alpha value is -0.980. The first-order valence-corrected chi connectivity index (χ1v) is 11.0. The molecule has 6 atom stereocenters. The Kier molecular flexibility index (Phi) is 4.77. The SMILES string of the molecule is CO[C@H]1C[C@]2(CC[C@@]3(O2)[C@@](C)(OC(C)=O)C(=O)C[C@H]2C(C)(C)CCC[C@@]23C)CO1. The molecule has 4 fully saturated rings. The first-order valence-electron chi connectivity index (χ1n) is 11.0. The smallest absolute Gasteiger partial charge is 0.303 e. The van der Waals surface area contributed by atoms with Crippen molar-refractivity contribution in [1.29, 1.82) is 0 Å². The summed E-state index contributed by atoms with van der Waals surface area (Å²) in [4.78, 5) is 25.7. The van der Waals surface area contributed by atoms with Gasteiger partial charge in [0.05, 0.1) is 12.2 Å². The molecule has 0 unspecified atom stereocenters. The summed E-state index contributed by atoms with van der Waals surface area (Å²) in [6, 6.07) is 0. The normalized spacial score (nSPS) is 48.8. The van der Waals surface area contributed by atoms with E-state index in [1.54, 1.807) is 14.0 Å². The van der Waals surface area contributed by atoms with Gasteiger partial charge in [-0.1, -0.05) is 27.2 Å². The molecule has 29 heavy (non-hydrogen) atoms. The van der Waals surface area contributed by atoms with Crippen molar-refractivity contribution in [2.24, 2.45) is 16.7 Å². The van der Waals surface area contributed by atoms with Crippen LogP contribution in [0.3, 0.4) is 0 Å². The van der Waals surface area contributed by atoms with Gasteiger partial charge in [0.2, 0.25) is 0 Å². The average Bonchev–Trinajstić information content (AvgIpc) is 3.21. The van der Waals surface area contributed by atoms with Crippen LogP contribution in [0, 0.1) is 16.7 Å². The van der Waals surface area contributed by atoms with Crippen LogP contribution in [-0.4, -0.2) is 48.6 Å². The highest BCUT2D eigenvalue weighted by Crippen LogP contribution is 2.69. The molecule has 2 heterocycles. The van der Waals surface area contributed by atoms with Gasteiger partial charge >= 0.3 is 5.97 Å². The lowest BCUT2D eigenvalue weighted by Crippen LogP contribution is -2.74. The highest BCUT2D eigenvalue weighted by Gasteiger charge is 2.76. The standard InChI is InChI=1S/C23H36O6/c1-15(24)28-21(5)17(25)12-16-19(2,3)8-7-9-20(16,4)23(21)11-10-22(29-23)13-18(26-6)27-14-22/h16,18H,7-14H2,1-6H3/t16-,18+,20-,21-,22+,23-/m0/s1. The third-order valence-corrected chi connectivity index (χ3v) is 8.85. The molecule has 4 aliphatic rings. The summed E-state index contributed by atoms with van der Waals surface area (Å²) in [5, 5.41) is 0. The summed E-state index contributed by atoms with van der Waals surface area (Å²) in [5.74, 6) is -0.251. The van der Waals surface area contributed by atoms with E-state index in [1.165, 1.54) is 6.92 Å². The van der Waals surface area contributed by atoms with Crippen LogP contribution in [0.1, 0.15) is 79.6 Å². The number of Topliss-reactive ketones (excluding diaryl/α,β-unsaturated/α-hetero) is 1. The maximum atomic E-state index is 13.6. The lowest BCUT2D eigenvalue weighted by Gasteiger charge is -2.65. The summed E-state index contributed by atoms with van der Waals surface area (Å²) in [7, 11) is 1.64. The fourth-order valence-electron chi connectivity index (χ4n) is 7.36. The van der Waals surface area contributed by atoms with E-state index in [2.05, 4.69) is 20.8 Å². The minimum atomic E-state index is -1.29. The monoisotopic (exact) mass is 408 g/mol. The quantitative estimate of drug-likeness (QED) is 0.648. The number of methoxy groups -OCH3 is 1. The van der Waals surface area contributed by atoms with Crippen molar-refractivity contribution in [3.05, 3.63) is 0 Å². The Morgan fingerprint density at radius 3 is 2.45 bits per heavy atom. The Morgan fingerprint density at radius 1 is 1.10 bits per heavy atom. The number of rotatable bonds is 2. The van der Waals surface area contributed by atoms with E-state index in [0.717, 1.165) is 25.7 Å². The minimum Gasteiger partial charge on any atom is -0.448 e. The molecule has 0 amide bonds. The van der Waals surface area contributed by atoms with Crippen molar-refractivity contribution in [2.75, 3.05) is 13.7 Å². The minimum absolute atomic E-state index is 0.00981. The first-order chi connectivity index (χ1) is 13.4. The van der Waals surface area contributed by atoms with Crippen LogP contribution in [0.15, 0.2) is 0 Å². The van der Waals surface area contributed by atoms with Gasteiger partial charge in [0.15, 0.2) is 17.7 Å². The van der Waals surface area contributed by atoms with Crippen LogP contribution < -0.4 is 0 Å². The molecule has 2 aliphatic carbocycles. The van der Waals surface area contributed by atoms with E-state index in [-0.39, 0.29) is 28.8 Å². The second-order valence-corrected chi connectivity index (χ2v) is 10.9. The zero-order chi connectivity index (χ0) is 21.3. The van der Waals surface area contributed by atoms with Gasteiger partial charge in [-0.25, -0.2) is 0 Å². The predicted molar refractivity (Wildman–Crippen MR) is 106 cm³/mol. The molecule has 0 radical (unpaired) electrons. The largest absolute Gasteiger partial charge is 0.448 e. The van der Waals surface area contributed by atoms with E-state index in [0.29, 0.717) is 25.9 Å². The van der Waals surface area contributed by atoms with Crippen molar-refractivity contribution < 1.29 is 28.5 Å². The summed E-state index contributed by atoms with van der Waals surface area (Å²) in [5.41, 5.74) is -2.86. The fourth-order valence-corrected chi connectivity index (χ4v) is 7.36. The van der Waals surface area contributed by atoms with Crippen molar-refractivity contribution >= 4 is 11.8 Å². The molecular weight excluding hydrogens is 372 g/mol. The topological polar surface area (TPSA) is 71.1 Å². The van der Waals surface area contributed by atoms with Gasteiger partial charge in [0.25, 0.3) is 0 Å². The van der Waals surface area contributed by atoms with Gasteiger partial charge in [0.1, 0.15) is 5.60 Å². The van der Waals surface area contributed by atoms with Crippen LogP contribution >= 0.6 is 0 Å². The Labute approximate surface area is 174 Å². The molecule has 2 aliphatic heterocycles. The molecule has 2 saturated carbocycles. The van der Waals surface area contributed by atoms with Gasteiger partial charge in [0, 0.05) is 32.3 Å². The van der Waals surface area contributed by atoms with Crippen molar-refractivity contribution in [3.8, 4) is 0 Å². The summed E-state index contributed by atoms with van der Waals surface area (Å²) in [6.07, 6.45) is 5.39. The maximum absolute atomic E-state index is 13.6. The van der Waals surface area contributed by atoms with Crippen LogP contribution in [-0.2, 0) is 28.5 Å². The van der Waals surface area contributed by atoms with E-state index in [4.69, 9.17) is 18.9 Å². The average molecular weight is 409 g/mol. The molecule has 0 aromatic heterocycles. The number of ether oxygens (including phenoxy) is 4. The molecule has 4 rings (SSSR count). The fraction of sp³-hybridized carbons (Fsp3) is 0.913. The molecule has 0 aromatic rings. The second kappa shape index (κ2) is 6.51. The number of carbonyl (C=O) groups excluding carboxylic acids is 2. The highest BCUT2D eigenvalue weighted by molar-refractivity contribution is 5.92. The molecule has 6 heteroatoms. The zero-order valence-electron chi connectivity index (χ0n) is 18.8. The lowest BCUT2D eigenvalue weighted by molar-refractivity contribution is -0.286. The molecule has 164 valence electrons. The van der Waals surface area contributed by atoms with E-state index in [1.807, 2.05) is 0 Å². The first kappa shape index (κ1) is 21.3. The van der Waals surface area contributed by atoms with Gasteiger partial charge < -0.3 is 18.9 Å². The molecule has 2 saturated heterocycles.